The molecule has 142 valence electrons. The summed E-state index contributed by atoms with van der Waals surface area (Å²) in [5, 5.41) is 23.4. The fourth-order valence-corrected chi connectivity index (χ4v) is 2.80. The van der Waals surface area contributed by atoms with Crippen molar-refractivity contribution in [3.8, 4) is 17.1 Å². The fourth-order valence-electron chi connectivity index (χ4n) is 2.80. The van der Waals surface area contributed by atoms with Gasteiger partial charge in [-0.1, -0.05) is 42.5 Å². The van der Waals surface area contributed by atoms with Gasteiger partial charge in [0.15, 0.2) is 11.5 Å². The molecule has 0 aliphatic carbocycles. The Morgan fingerprint density at radius 2 is 1.76 bits per heavy atom. The highest BCUT2D eigenvalue weighted by molar-refractivity contribution is 6.09. The molecule has 0 saturated carbocycles. The zero-order valence-electron chi connectivity index (χ0n) is 14.8. The predicted molar refractivity (Wildman–Crippen MR) is 101 cm³/mol. The van der Waals surface area contributed by atoms with Crippen LogP contribution in [-0.4, -0.2) is 30.9 Å². The smallest absolute Gasteiger partial charge is 0.289 e. The van der Waals surface area contributed by atoms with Crippen LogP contribution in [-0.2, 0) is 0 Å². The second kappa shape index (κ2) is 7.39. The van der Waals surface area contributed by atoms with Crippen LogP contribution in [0.15, 0.2) is 72.8 Å². The van der Waals surface area contributed by atoms with Crippen LogP contribution in [0, 0.1) is 15.9 Å². The Morgan fingerprint density at radius 1 is 0.966 bits per heavy atom. The van der Waals surface area contributed by atoms with Gasteiger partial charge in [-0.3, -0.25) is 14.9 Å². The Kier molecular flexibility index (Phi) is 4.62. The van der Waals surface area contributed by atoms with Crippen molar-refractivity contribution in [3.05, 3.63) is 99.9 Å². The van der Waals surface area contributed by atoms with E-state index in [-0.39, 0.29) is 28.5 Å². The van der Waals surface area contributed by atoms with Crippen LogP contribution < -0.4 is 0 Å². The molecule has 0 spiro atoms. The number of nitrogens with zero attached hydrogens (tertiary/aromatic N) is 5. The molecule has 8 nitrogen and oxygen atoms in total. The van der Waals surface area contributed by atoms with Gasteiger partial charge in [0.25, 0.3) is 5.69 Å². The van der Waals surface area contributed by atoms with Crippen molar-refractivity contribution in [2.45, 2.75) is 0 Å². The summed E-state index contributed by atoms with van der Waals surface area (Å²) >= 11 is 0. The largest absolute Gasteiger partial charge is 0.297 e. The maximum absolute atomic E-state index is 13.4. The number of hydrogen-bond donors (Lipinski definition) is 0. The number of aromatic nitrogens is 4. The minimum atomic E-state index is -0.623. The molecule has 0 atom stereocenters. The number of halogens is 1. The van der Waals surface area contributed by atoms with Crippen LogP contribution in [0.4, 0.5) is 10.1 Å². The van der Waals surface area contributed by atoms with E-state index in [2.05, 4.69) is 15.4 Å². The van der Waals surface area contributed by atoms with E-state index < -0.39 is 10.7 Å². The summed E-state index contributed by atoms with van der Waals surface area (Å²) in [5.41, 5.74) is 0.651. The Morgan fingerprint density at radius 3 is 2.48 bits per heavy atom. The lowest BCUT2D eigenvalue weighted by Gasteiger charge is -2.04. The molecule has 3 aromatic carbocycles. The molecule has 4 aromatic rings. The molecule has 4 rings (SSSR count). The molecule has 9 heteroatoms. The number of carbonyl (C=O) groups is 1. The summed E-state index contributed by atoms with van der Waals surface area (Å²) in [6, 6.07) is 18.1. The summed E-state index contributed by atoms with van der Waals surface area (Å²) in [7, 11) is 0. The van der Waals surface area contributed by atoms with Gasteiger partial charge in [-0.05, 0) is 29.5 Å². The van der Waals surface area contributed by atoms with Crippen molar-refractivity contribution in [2.24, 2.45) is 0 Å². The average Bonchev–Trinajstić information content (AvgIpc) is 3.23. The number of ketones is 1. The molecular formula is C20H12FN5O3. The van der Waals surface area contributed by atoms with Crippen LogP contribution in [0.3, 0.4) is 0 Å². The van der Waals surface area contributed by atoms with E-state index in [0.717, 1.165) is 4.80 Å². The topological polar surface area (TPSA) is 104 Å². The number of nitro benzene ring substituents is 1. The van der Waals surface area contributed by atoms with E-state index in [1.165, 1.54) is 36.4 Å². The van der Waals surface area contributed by atoms with Crippen LogP contribution >= 0.6 is 0 Å². The second-order valence-corrected chi connectivity index (χ2v) is 6.07. The van der Waals surface area contributed by atoms with E-state index >= 15 is 0 Å². The zero-order valence-corrected chi connectivity index (χ0v) is 14.8. The lowest BCUT2D eigenvalue weighted by atomic mass is 10.0. The SMILES string of the molecule is O=C(c1ccccc1)c1ccc(-n2nnc(-c3cccc(F)c3)n2)c([N+](=O)[O-])c1. The minimum Gasteiger partial charge on any atom is -0.289 e. The Balaban J connectivity index is 1.73. The minimum absolute atomic E-state index is 0.0368. The summed E-state index contributed by atoms with van der Waals surface area (Å²) in [5.74, 6) is -0.691. The first-order valence-corrected chi connectivity index (χ1v) is 8.47. The standard InChI is InChI=1S/C20H12FN5O3/c21-16-8-4-7-15(11-16)20-22-24-25(23-20)17-10-9-14(12-18(17)26(28)29)19(27)13-5-2-1-3-6-13/h1-12H. The Labute approximate surface area is 163 Å². The highest BCUT2D eigenvalue weighted by Crippen LogP contribution is 2.25. The normalized spacial score (nSPS) is 10.7. The zero-order chi connectivity index (χ0) is 20.4. The van der Waals surface area contributed by atoms with Gasteiger partial charge in [-0.15, -0.1) is 15.0 Å². The van der Waals surface area contributed by atoms with Gasteiger partial charge in [0.2, 0.25) is 5.82 Å². The molecule has 0 aliphatic rings. The lowest BCUT2D eigenvalue weighted by molar-refractivity contribution is -0.384. The van der Waals surface area contributed by atoms with Crippen LogP contribution in [0.25, 0.3) is 17.1 Å². The van der Waals surface area contributed by atoms with Crippen molar-refractivity contribution in [2.75, 3.05) is 0 Å². The highest BCUT2D eigenvalue weighted by atomic mass is 19.1. The molecule has 1 aromatic heterocycles. The van der Waals surface area contributed by atoms with Crippen LogP contribution in [0.2, 0.25) is 0 Å². The van der Waals surface area contributed by atoms with E-state index in [1.807, 2.05) is 0 Å². The van der Waals surface area contributed by atoms with Gasteiger partial charge >= 0.3 is 0 Å². The summed E-state index contributed by atoms with van der Waals surface area (Å²) < 4.78 is 13.4. The molecule has 0 aliphatic heterocycles. The van der Waals surface area contributed by atoms with E-state index in [4.69, 9.17) is 0 Å². The Bertz CT molecular complexity index is 1220. The molecule has 0 amide bonds. The molecule has 0 fully saturated rings. The molecular weight excluding hydrogens is 377 g/mol. The number of nitro groups is 1. The summed E-state index contributed by atoms with van der Waals surface area (Å²) in [6.07, 6.45) is 0. The van der Waals surface area contributed by atoms with E-state index in [0.29, 0.717) is 11.1 Å². The van der Waals surface area contributed by atoms with Gasteiger partial charge in [0, 0.05) is 22.8 Å². The van der Waals surface area contributed by atoms with Crippen molar-refractivity contribution >= 4 is 11.5 Å². The third-order valence-electron chi connectivity index (χ3n) is 4.18. The van der Waals surface area contributed by atoms with Crippen molar-refractivity contribution in [3.63, 3.8) is 0 Å². The number of tetrazole rings is 1. The molecule has 1 heterocycles. The quantitative estimate of drug-likeness (QED) is 0.293. The monoisotopic (exact) mass is 389 g/mol. The highest BCUT2D eigenvalue weighted by Gasteiger charge is 2.22. The average molecular weight is 389 g/mol. The first kappa shape index (κ1) is 18.1. The first-order chi connectivity index (χ1) is 14.0. The fraction of sp³-hybridized carbons (Fsp3) is 0. The van der Waals surface area contributed by atoms with Crippen LogP contribution in [0.5, 0.6) is 0 Å². The molecule has 0 unspecified atom stereocenters. The van der Waals surface area contributed by atoms with Gasteiger partial charge in [0.05, 0.1) is 4.92 Å². The maximum atomic E-state index is 13.4. The lowest BCUT2D eigenvalue weighted by Crippen LogP contribution is -2.07. The van der Waals surface area contributed by atoms with Crippen molar-refractivity contribution in [1.82, 2.24) is 20.2 Å². The first-order valence-electron chi connectivity index (χ1n) is 8.47. The van der Waals surface area contributed by atoms with Crippen molar-refractivity contribution in [1.29, 1.82) is 0 Å². The number of rotatable bonds is 5. The van der Waals surface area contributed by atoms with Gasteiger partial charge < -0.3 is 0 Å². The summed E-state index contributed by atoms with van der Waals surface area (Å²) in [4.78, 5) is 24.5. The molecule has 0 bridgehead atoms. The summed E-state index contributed by atoms with van der Waals surface area (Å²) in [6.45, 7) is 0. The second-order valence-electron chi connectivity index (χ2n) is 6.07. The third-order valence-corrected chi connectivity index (χ3v) is 4.18. The van der Waals surface area contributed by atoms with E-state index in [1.54, 1.807) is 36.4 Å². The number of hydrogen-bond acceptors (Lipinski definition) is 6. The molecule has 0 saturated heterocycles. The number of carbonyl (C=O) groups excluding carboxylic acids is 1. The van der Waals surface area contributed by atoms with Gasteiger partial charge in [0.1, 0.15) is 5.82 Å². The molecule has 0 radical (unpaired) electrons. The molecule has 29 heavy (non-hydrogen) atoms. The number of benzene rings is 3. The Hall–Kier alpha value is -4.27. The predicted octanol–water partition coefficient (Wildman–Crippen LogP) is 3.61. The van der Waals surface area contributed by atoms with Crippen LogP contribution in [0.1, 0.15) is 15.9 Å². The van der Waals surface area contributed by atoms with E-state index in [9.17, 15) is 19.3 Å². The molecule has 0 N–H and O–H groups in total. The third kappa shape index (κ3) is 3.61. The maximum Gasteiger partial charge on any atom is 0.297 e. The van der Waals surface area contributed by atoms with Gasteiger partial charge in [-0.2, -0.15) is 0 Å². The van der Waals surface area contributed by atoms with Gasteiger partial charge in [-0.25, -0.2) is 4.39 Å². The van der Waals surface area contributed by atoms with Crippen molar-refractivity contribution < 1.29 is 14.1 Å².